The van der Waals surface area contributed by atoms with Crippen molar-refractivity contribution < 1.29 is 18.3 Å². The zero-order valence-corrected chi connectivity index (χ0v) is 11.5. The maximum Gasteiger partial charge on any atom is 0.323 e. The van der Waals surface area contributed by atoms with E-state index in [-0.39, 0.29) is 11.2 Å². The second-order valence-electron chi connectivity index (χ2n) is 4.30. The Morgan fingerprint density at radius 3 is 2.33 bits per heavy atom. The highest BCUT2D eigenvalue weighted by Gasteiger charge is 2.27. The van der Waals surface area contributed by atoms with Gasteiger partial charge in [0.05, 0.1) is 16.7 Å². The van der Waals surface area contributed by atoms with Gasteiger partial charge in [-0.1, -0.05) is 0 Å². The van der Waals surface area contributed by atoms with Gasteiger partial charge in [-0.2, -0.15) is 0 Å². The smallest absolute Gasteiger partial charge is 0.323 e. The van der Waals surface area contributed by atoms with Crippen molar-refractivity contribution in [2.24, 2.45) is 0 Å². The van der Waals surface area contributed by atoms with Crippen LogP contribution < -0.4 is 15.8 Å². The molecule has 0 spiro atoms. The number of nitrogens with one attached hydrogen (secondary N) is 3. The third-order valence-corrected chi connectivity index (χ3v) is 4.45. The SMILES string of the molecule is CC(C(=O)O)S(=O)(=O)Nc1ccc2[nH]c(=O)c(=O)[nH]c2c1. The minimum atomic E-state index is -4.11. The molecule has 0 saturated carbocycles. The second-order valence-corrected chi connectivity index (χ2v) is 6.30. The van der Waals surface area contributed by atoms with Crippen LogP contribution in [0.4, 0.5) is 5.69 Å². The number of benzene rings is 1. The van der Waals surface area contributed by atoms with Crippen molar-refractivity contribution in [1.29, 1.82) is 0 Å². The van der Waals surface area contributed by atoms with Crippen LogP contribution in [-0.4, -0.2) is 34.7 Å². The van der Waals surface area contributed by atoms with Crippen LogP contribution in [0.15, 0.2) is 27.8 Å². The molecule has 0 aliphatic carbocycles. The minimum absolute atomic E-state index is 0.0679. The van der Waals surface area contributed by atoms with E-state index < -0.39 is 32.4 Å². The number of rotatable bonds is 4. The number of carbonyl (C=O) groups is 1. The third kappa shape index (κ3) is 2.94. The van der Waals surface area contributed by atoms with Crippen molar-refractivity contribution in [3.05, 3.63) is 38.9 Å². The number of sulfonamides is 1. The normalized spacial score (nSPS) is 13.0. The Hall–Kier alpha value is -2.62. The van der Waals surface area contributed by atoms with Crippen LogP contribution in [0.5, 0.6) is 0 Å². The summed E-state index contributed by atoms with van der Waals surface area (Å²) in [5.74, 6) is -1.49. The molecule has 0 bridgehead atoms. The molecule has 112 valence electrons. The minimum Gasteiger partial charge on any atom is -0.480 e. The Morgan fingerprint density at radius 2 is 1.76 bits per heavy atom. The number of fused-ring (bicyclic) bond motifs is 1. The molecule has 0 aliphatic rings. The molecule has 9 nitrogen and oxygen atoms in total. The zero-order valence-electron chi connectivity index (χ0n) is 10.7. The Labute approximate surface area is 117 Å². The number of aliphatic carboxylic acids is 1. The fourth-order valence-electron chi connectivity index (χ4n) is 1.56. The topological polar surface area (TPSA) is 149 Å². The monoisotopic (exact) mass is 313 g/mol. The molecular weight excluding hydrogens is 302 g/mol. The summed E-state index contributed by atoms with van der Waals surface area (Å²) in [5, 5.41) is 7.09. The molecule has 10 heteroatoms. The summed E-state index contributed by atoms with van der Waals surface area (Å²) in [5.41, 5.74) is -1.10. The highest BCUT2D eigenvalue weighted by atomic mass is 32.2. The summed E-state index contributed by atoms with van der Waals surface area (Å²) >= 11 is 0. The van der Waals surface area contributed by atoms with Gasteiger partial charge in [0, 0.05) is 0 Å². The van der Waals surface area contributed by atoms with E-state index in [0.717, 1.165) is 6.92 Å². The fraction of sp³-hybridized carbons (Fsp3) is 0.182. The van der Waals surface area contributed by atoms with Crippen molar-refractivity contribution >= 4 is 32.7 Å². The predicted octanol–water partition coefficient (Wildman–Crippen LogP) is -0.569. The van der Waals surface area contributed by atoms with Crippen LogP contribution in [0.2, 0.25) is 0 Å². The molecule has 4 N–H and O–H groups in total. The number of carboxylic acids is 1. The highest BCUT2D eigenvalue weighted by molar-refractivity contribution is 7.94. The van der Waals surface area contributed by atoms with Gasteiger partial charge in [-0.3, -0.25) is 19.1 Å². The average molecular weight is 313 g/mol. The number of aromatic amines is 2. The lowest BCUT2D eigenvalue weighted by Crippen LogP contribution is -2.32. The molecule has 0 amide bonds. The van der Waals surface area contributed by atoms with Crippen molar-refractivity contribution in [1.82, 2.24) is 9.97 Å². The van der Waals surface area contributed by atoms with E-state index in [1.807, 2.05) is 0 Å². The second kappa shape index (κ2) is 5.05. The number of carboxylic acid groups (broad SMARTS) is 1. The van der Waals surface area contributed by atoms with Crippen LogP contribution in [0.3, 0.4) is 0 Å². The maximum absolute atomic E-state index is 11.8. The molecule has 2 rings (SSSR count). The van der Waals surface area contributed by atoms with Gasteiger partial charge in [-0.15, -0.1) is 0 Å². The molecule has 0 fully saturated rings. The summed E-state index contributed by atoms with van der Waals surface area (Å²) in [7, 11) is -4.11. The van der Waals surface area contributed by atoms with Crippen LogP contribution >= 0.6 is 0 Å². The molecule has 0 radical (unpaired) electrons. The van der Waals surface area contributed by atoms with Gasteiger partial charge in [-0.05, 0) is 25.1 Å². The van der Waals surface area contributed by atoms with Crippen molar-refractivity contribution in [3.63, 3.8) is 0 Å². The number of H-pyrrole nitrogens is 2. The molecule has 2 aromatic rings. The molecule has 1 aromatic carbocycles. The summed E-state index contributed by atoms with van der Waals surface area (Å²) in [6, 6.07) is 4.00. The lowest BCUT2D eigenvalue weighted by Gasteiger charge is -2.11. The van der Waals surface area contributed by atoms with Crippen LogP contribution in [0, 0.1) is 0 Å². The predicted molar refractivity (Wildman–Crippen MR) is 74.8 cm³/mol. The number of hydrogen-bond donors (Lipinski definition) is 4. The van der Waals surface area contributed by atoms with E-state index in [9.17, 15) is 22.8 Å². The van der Waals surface area contributed by atoms with Gasteiger partial charge in [0.2, 0.25) is 10.0 Å². The molecule has 1 heterocycles. The van der Waals surface area contributed by atoms with Crippen molar-refractivity contribution in [2.45, 2.75) is 12.2 Å². The van der Waals surface area contributed by atoms with Gasteiger partial charge >= 0.3 is 17.1 Å². The zero-order chi connectivity index (χ0) is 15.8. The van der Waals surface area contributed by atoms with Crippen LogP contribution in [0.1, 0.15) is 6.92 Å². The summed E-state index contributed by atoms with van der Waals surface area (Å²) in [4.78, 5) is 37.7. The Kier molecular flexibility index (Phi) is 3.56. The first-order valence-corrected chi connectivity index (χ1v) is 7.26. The standard InChI is InChI=1S/C11H11N3O6S/c1-5(11(17)18)21(19,20)14-6-2-3-7-8(4-6)13-10(16)9(15)12-7/h2-5,14H,1H3,(H,12,15)(H,13,16)(H,17,18). The molecule has 1 unspecified atom stereocenters. The first kappa shape index (κ1) is 14.8. The molecular formula is C11H11N3O6S. The summed E-state index contributed by atoms with van der Waals surface area (Å²) in [6.45, 7) is 1.03. The van der Waals surface area contributed by atoms with Gasteiger partial charge in [-0.25, -0.2) is 8.42 Å². The number of anilines is 1. The first-order valence-electron chi connectivity index (χ1n) is 5.71. The van der Waals surface area contributed by atoms with E-state index in [1.165, 1.54) is 18.2 Å². The summed E-state index contributed by atoms with van der Waals surface area (Å²) < 4.78 is 25.7. The third-order valence-electron chi connectivity index (χ3n) is 2.80. The van der Waals surface area contributed by atoms with Crippen molar-refractivity contribution in [3.8, 4) is 0 Å². The van der Waals surface area contributed by atoms with E-state index in [1.54, 1.807) is 0 Å². The number of hydrogen-bond acceptors (Lipinski definition) is 5. The molecule has 1 aromatic heterocycles. The Morgan fingerprint density at radius 1 is 1.19 bits per heavy atom. The largest absolute Gasteiger partial charge is 0.480 e. The summed E-state index contributed by atoms with van der Waals surface area (Å²) in [6.07, 6.45) is 0. The maximum atomic E-state index is 11.8. The number of aromatic nitrogens is 2. The Bertz CT molecular complexity index is 927. The van der Waals surface area contributed by atoms with E-state index in [2.05, 4.69) is 14.7 Å². The van der Waals surface area contributed by atoms with Crippen molar-refractivity contribution in [2.75, 3.05) is 4.72 Å². The Balaban J connectivity index is 2.45. The van der Waals surface area contributed by atoms with Gasteiger partial charge in [0.15, 0.2) is 5.25 Å². The van der Waals surface area contributed by atoms with E-state index >= 15 is 0 Å². The fourth-order valence-corrected chi connectivity index (χ4v) is 2.46. The van der Waals surface area contributed by atoms with Crippen LogP contribution in [-0.2, 0) is 14.8 Å². The molecule has 1 atom stereocenters. The average Bonchev–Trinajstić information content (AvgIpc) is 2.39. The van der Waals surface area contributed by atoms with Gasteiger partial charge < -0.3 is 15.1 Å². The van der Waals surface area contributed by atoms with Gasteiger partial charge in [0.1, 0.15) is 0 Å². The molecule has 0 aliphatic heterocycles. The van der Waals surface area contributed by atoms with E-state index in [4.69, 9.17) is 5.11 Å². The molecule has 0 saturated heterocycles. The molecule has 21 heavy (non-hydrogen) atoms. The van der Waals surface area contributed by atoms with Gasteiger partial charge in [0.25, 0.3) is 0 Å². The quantitative estimate of drug-likeness (QED) is 0.555. The lowest BCUT2D eigenvalue weighted by atomic mass is 10.3. The lowest BCUT2D eigenvalue weighted by molar-refractivity contribution is -0.136. The van der Waals surface area contributed by atoms with E-state index in [0.29, 0.717) is 5.52 Å². The van der Waals surface area contributed by atoms with Crippen LogP contribution in [0.25, 0.3) is 11.0 Å². The highest BCUT2D eigenvalue weighted by Crippen LogP contribution is 2.16. The first-order chi connectivity index (χ1) is 9.70.